The molecule has 0 unspecified atom stereocenters. The number of aromatic nitrogens is 3. The summed E-state index contributed by atoms with van der Waals surface area (Å²) < 4.78 is 5.04. The summed E-state index contributed by atoms with van der Waals surface area (Å²) in [5.41, 5.74) is 2.02. The van der Waals surface area contributed by atoms with Crippen molar-refractivity contribution in [3.63, 3.8) is 0 Å². The fourth-order valence-corrected chi connectivity index (χ4v) is 3.24. The van der Waals surface area contributed by atoms with Crippen LogP contribution in [0, 0.1) is 0 Å². The first-order valence-electron chi connectivity index (χ1n) is 9.44. The Hall–Kier alpha value is -4.31. The van der Waals surface area contributed by atoms with Gasteiger partial charge in [0.1, 0.15) is 0 Å². The van der Waals surface area contributed by atoms with E-state index in [9.17, 15) is 9.59 Å². The van der Waals surface area contributed by atoms with Gasteiger partial charge in [-0.1, -0.05) is 18.2 Å². The molecule has 2 aromatic carbocycles. The minimum atomic E-state index is -0.699. The molecular formula is C22H16N6O3S. The number of amides is 1. The average Bonchev–Trinajstić information content (AvgIpc) is 3.34. The molecule has 0 aliphatic heterocycles. The Labute approximate surface area is 186 Å². The smallest absolute Gasteiger partial charge is 0.358 e. The first-order chi connectivity index (χ1) is 15.7. The number of esters is 1. The van der Waals surface area contributed by atoms with Crippen molar-refractivity contribution in [1.82, 2.24) is 15.0 Å². The molecule has 9 nitrogen and oxygen atoms in total. The number of carbonyl (C=O) groups is 2. The maximum atomic E-state index is 12.2. The molecule has 1 amide bonds. The summed E-state index contributed by atoms with van der Waals surface area (Å²) in [4.78, 5) is 36.6. The molecule has 0 fully saturated rings. The summed E-state index contributed by atoms with van der Waals surface area (Å²) in [5.74, 6) is -0.754. The van der Waals surface area contributed by atoms with Gasteiger partial charge in [0.2, 0.25) is 0 Å². The third-order valence-corrected chi connectivity index (χ3v) is 4.83. The predicted octanol–water partition coefficient (Wildman–Crippen LogP) is 4.81. The molecule has 0 aliphatic carbocycles. The van der Waals surface area contributed by atoms with E-state index in [1.807, 2.05) is 30.3 Å². The summed E-state index contributed by atoms with van der Waals surface area (Å²) >= 11 is 1.22. The lowest BCUT2D eigenvalue weighted by Gasteiger charge is -2.06. The second-order valence-corrected chi connectivity index (χ2v) is 7.18. The lowest BCUT2D eigenvalue weighted by atomic mass is 10.3. The Balaban J connectivity index is 1.27. The van der Waals surface area contributed by atoms with Gasteiger partial charge in [0.15, 0.2) is 23.1 Å². The second kappa shape index (κ2) is 10.1. The molecule has 4 aromatic rings. The number of anilines is 1. The molecule has 4 rings (SSSR count). The van der Waals surface area contributed by atoms with Crippen molar-refractivity contribution in [3.8, 4) is 10.8 Å². The summed E-state index contributed by atoms with van der Waals surface area (Å²) in [7, 11) is 0. The van der Waals surface area contributed by atoms with Gasteiger partial charge in [-0.15, -0.1) is 11.3 Å². The van der Waals surface area contributed by atoms with Crippen LogP contribution >= 0.6 is 11.3 Å². The zero-order chi connectivity index (χ0) is 22.2. The van der Waals surface area contributed by atoms with E-state index in [4.69, 9.17) is 4.74 Å². The predicted molar refractivity (Wildman–Crippen MR) is 119 cm³/mol. The van der Waals surface area contributed by atoms with E-state index < -0.39 is 18.5 Å². The number of hydrogen-bond acceptors (Lipinski definition) is 9. The molecule has 158 valence electrons. The number of ether oxygens (including phenoxy) is 1. The number of thiazole rings is 1. The van der Waals surface area contributed by atoms with Crippen molar-refractivity contribution in [2.45, 2.75) is 0 Å². The molecule has 0 spiro atoms. The van der Waals surface area contributed by atoms with Crippen molar-refractivity contribution < 1.29 is 14.3 Å². The topological polar surface area (TPSA) is 119 Å². The van der Waals surface area contributed by atoms with Crippen LogP contribution in [-0.2, 0) is 9.53 Å². The molecule has 32 heavy (non-hydrogen) atoms. The van der Waals surface area contributed by atoms with E-state index in [0.717, 1.165) is 5.69 Å². The summed E-state index contributed by atoms with van der Waals surface area (Å²) in [6, 6.07) is 17.9. The molecule has 2 aromatic heterocycles. The zero-order valence-electron chi connectivity index (χ0n) is 16.6. The third kappa shape index (κ3) is 5.64. The van der Waals surface area contributed by atoms with Gasteiger partial charge in [0, 0.05) is 23.5 Å². The van der Waals surface area contributed by atoms with Crippen LogP contribution in [0.5, 0.6) is 0 Å². The highest BCUT2D eigenvalue weighted by molar-refractivity contribution is 7.13. The van der Waals surface area contributed by atoms with Crippen molar-refractivity contribution in [1.29, 1.82) is 0 Å². The first kappa shape index (κ1) is 20.9. The molecule has 10 heteroatoms. The molecular weight excluding hydrogens is 428 g/mol. The number of azo groups is 1. The van der Waals surface area contributed by atoms with E-state index >= 15 is 0 Å². The van der Waals surface area contributed by atoms with Crippen molar-refractivity contribution in [2.24, 2.45) is 10.2 Å². The van der Waals surface area contributed by atoms with Crippen molar-refractivity contribution >= 4 is 40.3 Å². The third-order valence-electron chi connectivity index (χ3n) is 3.99. The summed E-state index contributed by atoms with van der Waals surface area (Å²) in [6.45, 7) is -0.441. The first-order valence-corrected chi connectivity index (χ1v) is 10.3. The monoisotopic (exact) mass is 444 g/mol. The van der Waals surface area contributed by atoms with Gasteiger partial charge in [0.05, 0.1) is 11.4 Å². The van der Waals surface area contributed by atoms with Crippen LogP contribution in [0.25, 0.3) is 10.8 Å². The van der Waals surface area contributed by atoms with Gasteiger partial charge in [0.25, 0.3) is 5.91 Å². The SMILES string of the molecule is O=C(COC(=O)c1csc(-c2ncccn2)n1)Nc1ccc(N=Nc2ccccc2)cc1. The van der Waals surface area contributed by atoms with Gasteiger partial charge in [-0.3, -0.25) is 4.79 Å². The summed E-state index contributed by atoms with van der Waals surface area (Å²) in [6.07, 6.45) is 3.18. The molecule has 0 saturated carbocycles. The second-order valence-electron chi connectivity index (χ2n) is 6.32. The maximum Gasteiger partial charge on any atom is 0.358 e. The molecule has 0 aliphatic rings. The molecule has 1 N–H and O–H groups in total. The lowest BCUT2D eigenvalue weighted by molar-refractivity contribution is -0.119. The standard InChI is InChI=1S/C22H16N6O3S/c29-19(13-31-22(30)18-14-32-21(26-18)20-23-11-4-12-24-20)25-15-7-9-17(10-8-15)28-27-16-5-2-1-3-6-16/h1-12,14H,13H2,(H,25,29). The highest BCUT2D eigenvalue weighted by atomic mass is 32.1. The van der Waals surface area contributed by atoms with Crippen LogP contribution in [0.2, 0.25) is 0 Å². The van der Waals surface area contributed by atoms with Crippen LogP contribution in [0.4, 0.5) is 17.1 Å². The Morgan fingerprint density at radius 1 is 0.906 bits per heavy atom. The molecule has 0 atom stereocenters. The van der Waals surface area contributed by atoms with Crippen molar-refractivity contribution in [2.75, 3.05) is 11.9 Å². The molecule has 0 bridgehead atoms. The van der Waals surface area contributed by atoms with Gasteiger partial charge in [-0.2, -0.15) is 10.2 Å². The van der Waals surface area contributed by atoms with Gasteiger partial charge in [-0.25, -0.2) is 19.7 Å². The normalized spacial score (nSPS) is 10.8. The molecule has 0 saturated heterocycles. The van der Waals surface area contributed by atoms with E-state index in [2.05, 4.69) is 30.5 Å². The largest absolute Gasteiger partial charge is 0.451 e. The van der Waals surface area contributed by atoms with Crippen LogP contribution in [0.1, 0.15) is 10.5 Å². The molecule has 2 heterocycles. The van der Waals surface area contributed by atoms with Crippen molar-refractivity contribution in [3.05, 3.63) is 84.1 Å². The minimum absolute atomic E-state index is 0.0957. The highest BCUT2D eigenvalue weighted by Gasteiger charge is 2.16. The lowest BCUT2D eigenvalue weighted by Crippen LogP contribution is -2.21. The molecule has 0 radical (unpaired) electrons. The Morgan fingerprint density at radius 3 is 2.31 bits per heavy atom. The fourth-order valence-electron chi connectivity index (χ4n) is 2.50. The quantitative estimate of drug-likeness (QED) is 0.323. The van der Waals surface area contributed by atoms with E-state index in [-0.39, 0.29) is 5.69 Å². The number of nitrogens with one attached hydrogen (secondary N) is 1. The highest BCUT2D eigenvalue weighted by Crippen LogP contribution is 2.21. The Morgan fingerprint density at radius 2 is 1.59 bits per heavy atom. The number of hydrogen-bond donors (Lipinski definition) is 1. The van der Waals surface area contributed by atoms with Crippen LogP contribution < -0.4 is 5.32 Å². The van der Waals surface area contributed by atoms with Gasteiger partial charge >= 0.3 is 5.97 Å². The number of rotatable bonds is 7. The fraction of sp³-hybridized carbons (Fsp3) is 0.0455. The van der Waals surface area contributed by atoms with Gasteiger partial charge in [-0.05, 0) is 42.5 Å². The number of carbonyl (C=O) groups excluding carboxylic acids is 2. The Bertz CT molecular complexity index is 1230. The van der Waals surface area contributed by atoms with Gasteiger partial charge < -0.3 is 10.1 Å². The van der Waals surface area contributed by atoms with E-state index in [0.29, 0.717) is 22.2 Å². The summed E-state index contributed by atoms with van der Waals surface area (Å²) in [5, 5.41) is 13.0. The number of benzene rings is 2. The average molecular weight is 444 g/mol. The van der Waals surface area contributed by atoms with E-state index in [1.54, 1.807) is 42.7 Å². The number of nitrogens with zero attached hydrogens (tertiary/aromatic N) is 5. The van der Waals surface area contributed by atoms with Crippen LogP contribution in [-0.4, -0.2) is 33.4 Å². The zero-order valence-corrected chi connectivity index (χ0v) is 17.4. The van der Waals surface area contributed by atoms with E-state index in [1.165, 1.54) is 16.7 Å². The van der Waals surface area contributed by atoms with Crippen LogP contribution in [0.3, 0.4) is 0 Å². The maximum absolute atomic E-state index is 12.2. The minimum Gasteiger partial charge on any atom is -0.451 e. The Kier molecular flexibility index (Phi) is 6.63. The van der Waals surface area contributed by atoms with Crippen LogP contribution in [0.15, 0.2) is 88.7 Å².